The predicted octanol–water partition coefficient (Wildman–Crippen LogP) is 9.82. The van der Waals surface area contributed by atoms with Crippen molar-refractivity contribution < 1.29 is 0 Å². The Morgan fingerprint density at radius 1 is 0.326 bits per heavy atom. The summed E-state index contributed by atoms with van der Waals surface area (Å²) in [5, 5.41) is 2.20. The number of pyridine rings is 5. The Morgan fingerprint density at radius 2 is 0.739 bits per heavy atom. The van der Waals surface area contributed by atoms with Crippen molar-refractivity contribution >= 4 is 10.8 Å². The van der Waals surface area contributed by atoms with E-state index in [0.717, 1.165) is 77.8 Å². The number of hydrogen-bond acceptors (Lipinski definition) is 5. The lowest BCUT2D eigenvalue weighted by molar-refractivity contribution is 1.31. The first-order valence-corrected chi connectivity index (χ1v) is 15.1. The minimum absolute atomic E-state index is 0.888. The van der Waals surface area contributed by atoms with Crippen LogP contribution in [-0.2, 0) is 0 Å². The van der Waals surface area contributed by atoms with Crippen LogP contribution in [0.1, 0.15) is 0 Å². The van der Waals surface area contributed by atoms with Gasteiger partial charge in [-0.2, -0.15) is 0 Å². The molecule has 0 radical (unpaired) electrons. The first-order chi connectivity index (χ1) is 22.8. The van der Waals surface area contributed by atoms with Gasteiger partial charge in [0.05, 0.1) is 11.4 Å². The molecule has 0 aliphatic carbocycles. The van der Waals surface area contributed by atoms with E-state index in [0.29, 0.717) is 0 Å². The van der Waals surface area contributed by atoms with E-state index in [9.17, 15) is 0 Å². The average Bonchev–Trinajstić information content (AvgIpc) is 3.15. The van der Waals surface area contributed by atoms with Gasteiger partial charge in [0.2, 0.25) is 0 Å². The van der Waals surface area contributed by atoms with E-state index in [4.69, 9.17) is 4.98 Å². The molecule has 0 aliphatic rings. The molecule has 8 aromatic rings. The van der Waals surface area contributed by atoms with Crippen LogP contribution < -0.4 is 0 Å². The Labute approximate surface area is 267 Å². The molecule has 0 fully saturated rings. The van der Waals surface area contributed by atoms with Crippen molar-refractivity contribution in [2.75, 3.05) is 0 Å². The van der Waals surface area contributed by atoms with Crippen LogP contribution in [0.15, 0.2) is 165 Å². The Kier molecular flexibility index (Phi) is 7.09. The van der Waals surface area contributed by atoms with Crippen molar-refractivity contribution in [3.05, 3.63) is 165 Å². The van der Waals surface area contributed by atoms with E-state index < -0.39 is 0 Å². The molecule has 46 heavy (non-hydrogen) atoms. The second-order valence-electron chi connectivity index (χ2n) is 11.1. The van der Waals surface area contributed by atoms with Crippen molar-refractivity contribution in [2.24, 2.45) is 0 Å². The summed E-state index contributed by atoms with van der Waals surface area (Å²) in [6.45, 7) is 0. The maximum absolute atomic E-state index is 5.42. The monoisotopic (exact) mass is 589 g/mol. The Hall–Kier alpha value is -6.33. The zero-order chi connectivity index (χ0) is 30.7. The maximum atomic E-state index is 5.42. The zero-order valence-electron chi connectivity index (χ0n) is 24.8. The Balaban J connectivity index is 1.37. The molecule has 216 valence electrons. The molecule has 5 heteroatoms. The van der Waals surface area contributed by atoms with Crippen molar-refractivity contribution in [3.8, 4) is 67.0 Å². The molecule has 5 nitrogen and oxygen atoms in total. The van der Waals surface area contributed by atoms with E-state index in [1.807, 2.05) is 49.1 Å². The molecule has 0 N–H and O–H groups in total. The van der Waals surface area contributed by atoms with Gasteiger partial charge in [0.1, 0.15) is 0 Å². The van der Waals surface area contributed by atoms with Crippen molar-refractivity contribution in [2.45, 2.75) is 0 Å². The number of aromatic nitrogens is 5. The molecule has 0 unspecified atom stereocenters. The SMILES string of the molecule is c1cncc(-c2cc(-c3cccnc3)cc(-c3cc4ccccc4c(-c4cc(-c5cccnc5)cc(-c5cccnc5)c4)n3)c2)c1. The van der Waals surface area contributed by atoms with E-state index in [2.05, 4.69) is 111 Å². The smallest absolute Gasteiger partial charge is 0.0788 e. The van der Waals surface area contributed by atoms with Gasteiger partial charge in [-0.1, -0.05) is 48.5 Å². The van der Waals surface area contributed by atoms with Gasteiger partial charge in [-0.15, -0.1) is 0 Å². The van der Waals surface area contributed by atoms with Crippen molar-refractivity contribution in [3.63, 3.8) is 0 Å². The van der Waals surface area contributed by atoms with E-state index in [1.54, 1.807) is 24.8 Å². The molecule has 0 saturated carbocycles. The fourth-order valence-electron chi connectivity index (χ4n) is 5.91. The molecule has 5 aromatic heterocycles. The molecule has 5 heterocycles. The highest BCUT2D eigenvalue weighted by molar-refractivity contribution is 5.98. The molecule has 0 amide bonds. The van der Waals surface area contributed by atoms with Gasteiger partial charge >= 0.3 is 0 Å². The fraction of sp³-hybridized carbons (Fsp3) is 0. The third kappa shape index (κ3) is 5.42. The summed E-state index contributed by atoms with van der Waals surface area (Å²) in [6.07, 6.45) is 14.8. The third-order valence-corrected chi connectivity index (χ3v) is 8.16. The molecule has 0 aliphatic heterocycles. The van der Waals surface area contributed by atoms with Crippen LogP contribution in [0, 0.1) is 0 Å². The molecule has 0 spiro atoms. The standard InChI is InChI=1S/C41H27N5/c1-2-12-39-28(7-1)23-40(37-19-33(29-8-3-13-42-24-29)17-34(20-37)30-9-4-14-43-25-30)46-41(39)38-21-35(31-10-5-15-44-26-31)18-36(22-38)32-11-6-16-45-27-32/h1-27H. The summed E-state index contributed by atoms with van der Waals surface area (Å²) in [5.74, 6) is 0. The predicted molar refractivity (Wildman–Crippen MR) is 186 cm³/mol. The van der Waals surface area contributed by atoms with Gasteiger partial charge in [-0.05, 0) is 94.4 Å². The highest BCUT2D eigenvalue weighted by Gasteiger charge is 2.15. The van der Waals surface area contributed by atoms with Gasteiger partial charge in [-0.3, -0.25) is 19.9 Å². The third-order valence-electron chi connectivity index (χ3n) is 8.16. The van der Waals surface area contributed by atoms with Gasteiger partial charge in [0.25, 0.3) is 0 Å². The maximum Gasteiger partial charge on any atom is 0.0788 e. The topological polar surface area (TPSA) is 64.5 Å². The van der Waals surface area contributed by atoms with Crippen LogP contribution in [0.4, 0.5) is 0 Å². The Morgan fingerprint density at radius 3 is 1.17 bits per heavy atom. The van der Waals surface area contributed by atoms with Gasteiger partial charge in [0, 0.05) is 88.3 Å². The molecule has 8 rings (SSSR count). The normalized spacial score (nSPS) is 11.0. The highest BCUT2D eigenvalue weighted by Crippen LogP contribution is 2.38. The Bertz CT molecular complexity index is 2170. The summed E-state index contributed by atoms with van der Waals surface area (Å²) in [7, 11) is 0. The van der Waals surface area contributed by atoms with Crippen LogP contribution in [0.5, 0.6) is 0 Å². The molecular formula is C41H27N5. The first kappa shape index (κ1) is 27.2. The minimum atomic E-state index is 0.888. The number of fused-ring (bicyclic) bond motifs is 1. The lowest BCUT2D eigenvalue weighted by Gasteiger charge is -2.15. The highest BCUT2D eigenvalue weighted by atomic mass is 14.7. The molecule has 0 atom stereocenters. The van der Waals surface area contributed by atoms with E-state index in [1.165, 1.54) is 0 Å². The quantitative estimate of drug-likeness (QED) is 0.193. The minimum Gasteiger partial charge on any atom is -0.264 e. The van der Waals surface area contributed by atoms with E-state index in [-0.39, 0.29) is 0 Å². The van der Waals surface area contributed by atoms with Gasteiger partial charge < -0.3 is 0 Å². The number of rotatable bonds is 6. The van der Waals surface area contributed by atoms with Crippen LogP contribution in [0.25, 0.3) is 77.8 Å². The summed E-state index contributed by atoms with van der Waals surface area (Å²) in [4.78, 5) is 23.0. The number of hydrogen-bond donors (Lipinski definition) is 0. The summed E-state index contributed by atoms with van der Waals surface area (Å²) in [5.41, 5.74) is 12.3. The van der Waals surface area contributed by atoms with Gasteiger partial charge in [-0.25, -0.2) is 4.98 Å². The fourth-order valence-corrected chi connectivity index (χ4v) is 5.91. The second-order valence-corrected chi connectivity index (χ2v) is 11.1. The van der Waals surface area contributed by atoms with Crippen molar-refractivity contribution in [1.82, 2.24) is 24.9 Å². The number of nitrogens with zero attached hydrogens (tertiary/aromatic N) is 5. The van der Waals surface area contributed by atoms with Crippen LogP contribution in [0.3, 0.4) is 0 Å². The molecule has 0 bridgehead atoms. The van der Waals surface area contributed by atoms with Crippen LogP contribution in [-0.4, -0.2) is 24.9 Å². The molecule has 3 aromatic carbocycles. The zero-order valence-corrected chi connectivity index (χ0v) is 24.8. The van der Waals surface area contributed by atoms with Crippen molar-refractivity contribution in [1.29, 1.82) is 0 Å². The average molecular weight is 590 g/mol. The largest absolute Gasteiger partial charge is 0.264 e. The van der Waals surface area contributed by atoms with Crippen LogP contribution >= 0.6 is 0 Å². The summed E-state index contributed by atoms with van der Waals surface area (Å²) < 4.78 is 0. The summed E-state index contributed by atoms with van der Waals surface area (Å²) in [6, 6.07) is 40.1. The first-order valence-electron chi connectivity index (χ1n) is 15.1. The van der Waals surface area contributed by atoms with Crippen LogP contribution in [0.2, 0.25) is 0 Å². The van der Waals surface area contributed by atoms with E-state index >= 15 is 0 Å². The van der Waals surface area contributed by atoms with Gasteiger partial charge in [0.15, 0.2) is 0 Å². The molecule has 0 saturated heterocycles. The lowest BCUT2D eigenvalue weighted by atomic mass is 9.93. The second kappa shape index (κ2) is 12.0. The lowest BCUT2D eigenvalue weighted by Crippen LogP contribution is -1.94. The molecular weight excluding hydrogens is 562 g/mol. The number of benzene rings is 3. The summed E-state index contributed by atoms with van der Waals surface area (Å²) >= 11 is 0.